The number of carbonyl (C=O) groups excluding carboxylic acids is 1. The van der Waals surface area contributed by atoms with Crippen LogP contribution in [0.2, 0.25) is 10.0 Å². The Labute approximate surface area is 165 Å². The minimum absolute atomic E-state index is 0.0859. The maximum absolute atomic E-state index is 12.1. The fourth-order valence-electron chi connectivity index (χ4n) is 2.35. The zero-order chi connectivity index (χ0) is 18.5. The van der Waals surface area contributed by atoms with Crippen LogP contribution in [-0.4, -0.2) is 26.4 Å². The smallest absolute Gasteiger partial charge is 0.230 e. The Morgan fingerprint density at radius 1 is 1.15 bits per heavy atom. The summed E-state index contributed by atoms with van der Waals surface area (Å²) in [6.07, 6.45) is 0. The van der Waals surface area contributed by atoms with Crippen molar-refractivity contribution in [3.8, 4) is 11.4 Å². The Balaban J connectivity index is 1.58. The Bertz CT molecular complexity index is 929. The van der Waals surface area contributed by atoms with Crippen molar-refractivity contribution in [3.05, 3.63) is 64.1 Å². The van der Waals surface area contributed by atoms with Crippen LogP contribution in [0.25, 0.3) is 11.4 Å². The Morgan fingerprint density at radius 3 is 2.73 bits per heavy atom. The van der Waals surface area contributed by atoms with E-state index in [1.165, 1.54) is 11.8 Å². The second kappa shape index (κ2) is 8.58. The maximum Gasteiger partial charge on any atom is 0.230 e. The fourth-order valence-corrected chi connectivity index (χ4v) is 3.52. The highest BCUT2D eigenvalue weighted by Gasteiger charge is 2.14. The molecule has 0 aliphatic heterocycles. The molecule has 8 heteroatoms. The predicted molar refractivity (Wildman–Crippen MR) is 105 cm³/mol. The number of hydrogen-bond donors (Lipinski definition) is 1. The molecule has 3 aromatic rings. The molecule has 0 aliphatic rings. The van der Waals surface area contributed by atoms with E-state index in [9.17, 15) is 4.79 Å². The van der Waals surface area contributed by atoms with E-state index >= 15 is 0 Å². The molecule has 0 fully saturated rings. The lowest BCUT2D eigenvalue weighted by Crippen LogP contribution is -2.24. The highest BCUT2D eigenvalue weighted by Crippen LogP contribution is 2.28. The Morgan fingerprint density at radius 2 is 1.96 bits per heavy atom. The van der Waals surface area contributed by atoms with E-state index in [4.69, 9.17) is 23.2 Å². The summed E-state index contributed by atoms with van der Waals surface area (Å²) in [4.78, 5) is 12.1. The lowest BCUT2D eigenvalue weighted by atomic mass is 10.2. The standard InChI is InChI=1S/C18H16Cl2N4OS/c1-24-17(14-7-2-3-8-15(14)20)22-23-18(24)26-11-16(25)21-10-12-5-4-6-13(19)9-12/h2-9H,10-11H2,1H3,(H,21,25). The summed E-state index contributed by atoms with van der Waals surface area (Å²) in [5, 5.41) is 13.1. The van der Waals surface area contributed by atoms with E-state index in [1.54, 1.807) is 6.07 Å². The highest BCUT2D eigenvalue weighted by atomic mass is 35.5. The van der Waals surface area contributed by atoms with E-state index in [2.05, 4.69) is 15.5 Å². The van der Waals surface area contributed by atoms with Crippen LogP contribution >= 0.6 is 35.0 Å². The normalized spacial score (nSPS) is 10.7. The molecule has 2 aromatic carbocycles. The number of rotatable bonds is 6. The average molecular weight is 407 g/mol. The number of thioether (sulfide) groups is 1. The molecule has 1 N–H and O–H groups in total. The quantitative estimate of drug-likeness (QED) is 0.623. The molecular formula is C18H16Cl2N4OS. The Hall–Kier alpha value is -2.02. The molecule has 0 saturated carbocycles. The molecule has 1 heterocycles. The van der Waals surface area contributed by atoms with Gasteiger partial charge in [0, 0.05) is 24.2 Å². The highest BCUT2D eigenvalue weighted by molar-refractivity contribution is 7.99. The van der Waals surface area contributed by atoms with Crippen LogP contribution in [0.4, 0.5) is 0 Å². The molecule has 0 atom stereocenters. The summed E-state index contributed by atoms with van der Waals surface area (Å²) >= 11 is 13.5. The van der Waals surface area contributed by atoms with Gasteiger partial charge in [-0.15, -0.1) is 10.2 Å². The number of amides is 1. The number of nitrogens with one attached hydrogen (secondary N) is 1. The predicted octanol–water partition coefficient (Wildman–Crippen LogP) is 4.20. The summed E-state index contributed by atoms with van der Waals surface area (Å²) in [5.41, 5.74) is 1.76. The summed E-state index contributed by atoms with van der Waals surface area (Å²) in [6.45, 7) is 0.434. The third kappa shape index (κ3) is 4.58. The van der Waals surface area contributed by atoms with E-state index in [0.717, 1.165) is 11.1 Å². The number of aromatic nitrogens is 3. The van der Waals surface area contributed by atoms with E-state index < -0.39 is 0 Å². The van der Waals surface area contributed by atoms with Crippen molar-refractivity contribution in [2.24, 2.45) is 7.05 Å². The van der Waals surface area contributed by atoms with Gasteiger partial charge >= 0.3 is 0 Å². The van der Waals surface area contributed by atoms with Crippen LogP contribution in [0.15, 0.2) is 53.7 Å². The fraction of sp³-hybridized carbons (Fsp3) is 0.167. The summed E-state index contributed by atoms with van der Waals surface area (Å²) < 4.78 is 1.83. The third-order valence-electron chi connectivity index (χ3n) is 3.66. The van der Waals surface area contributed by atoms with Crippen molar-refractivity contribution >= 4 is 40.9 Å². The van der Waals surface area contributed by atoms with Crippen LogP contribution in [0.5, 0.6) is 0 Å². The molecule has 5 nitrogen and oxygen atoms in total. The molecule has 0 radical (unpaired) electrons. The van der Waals surface area contributed by atoms with Gasteiger partial charge in [-0.3, -0.25) is 4.79 Å². The van der Waals surface area contributed by atoms with Crippen molar-refractivity contribution in [1.82, 2.24) is 20.1 Å². The molecule has 0 saturated heterocycles. The van der Waals surface area contributed by atoms with Crippen molar-refractivity contribution in [3.63, 3.8) is 0 Å². The zero-order valence-electron chi connectivity index (χ0n) is 13.9. The van der Waals surface area contributed by atoms with Gasteiger partial charge in [0.2, 0.25) is 5.91 Å². The van der Waals surface area contributed by atoms with E-state index in [0.29, 0.717) is 27.6 Å². The number of hydrogen-bond acceptors (Lipinski definition) is 4. The SMILES string of the molecule is Cn1c(SCC(=O)NCc2cccc(Cl)c2)nnc1-c1ccccc1Cl. The van der Waals surface area contributed by atoms with Crippen molar-refractivity contribution < 1.29 is 4.79 Å². The number of carbonyl (C=O) groups is 1. The van der Waals surface area contributed by atoms with Gasteiger partial charge in [0.05, 0.1) is 10.8 Å². The average Bonchev–Trinajstić information content (AvgIpc) is 2.99. The summed E-state index contributed by atoms with van der Waals surface area (Å²) in [6, 6.07) is 14.8. The van der Waals surface area contributed by atoms with Crippen LogP contribution in [-0.2, 0) is 18.4 Å². The summed E-state index contributed by atoms with van der Waals surface area (Å²) in [5.74, 6) is 0.824. The van der Waals surface area contributed by atoms with Crippen LogP contribution < -0.4 is 5.32 Å². The molecule has 0 bridgehead atoms. The first-order chi connectivity index (χ1) is 12.5. The first-order valence-electron chi connectivity index (χ1n) is 7.83. The molecule has 3 rings (SSSR count). The maximum atomic E-state index is 12.1. The topological polar surface area (TPSA) is 59.8 Å². The largest absolute Gasteiger partial charge is 0.351 e. The molecule has 0 unspecified atom stereocenters. The van der Waals surface area contributed by atoms with Gasteiger partial charge in [-0.1, -0.05) is 59.2 Å². The minimum Gasteiger partial charge on any atom is -0.351 e. The number of nitrogens with zero attached hydrogens (tertiary/aromatic N) is 3. The van der Waals surface area contributed by atoms with Crippen LogP contribution in [0.3, 0.4) is 0 Å². The molecule has 0 aliphatic carbocycles. The summed E-state index contributed by atoms with van der Waals surface area (Å²) in [7, 11) is 1.85. The van der Waals surface area contributed by atoms with Gasteiger partial charge in [-0.25, -0.2) is 0 Å². The molecule has 134 valence electrons. The van der Waals surface area contributed by atoms with Crippen molar-refractivity contribution in [1.29, 1.82) is 0 Å². The lowest BCUT2D eigenvalue weighted by Gasteiger charge is -2.07. The van der Waals surface area contributed by atoms with Crippen molar-refractivity contribution in [2.75, 3.05) is 5.75 Å². The Kier molecular flexibility index (Phi) is 6.19. The first kappa shape index (κ1) is 18.8. The van der Waals surface area contributed by atoms with Gasteiger partial charge < -0.3 is 9.88 Å². The first-order valence-corrected chi connectivity index (χ1v) is 9.57. The van der Waals surface area contributed by atoms with E-state index in [1.807, 2.05) is 54.1 Å². The second-order valence-corrected chi connectivity index (χ2v) is 7.33. The number of benzene rings is 2. The van der Waals surface area contributed by atoms with Gasteiger partial charge in [-0.05, 0) is 29.8 Å². The van der Waals surface area contributed by atoms with E-state index in [-0.39, 0.29) is 11.7 Å². The molecule has 1 amide bonds. The van der Waals surface area contributed by atoms with Gasteiger partial charge in [0.25, 0.3) is 0 Å². The van der Waals surface area contributed by atoms with Gasteiger partial charge in [0.1, 0.15) is 0 Å². The molecular weight excluding hydrogens is 391 g/mol. The number of halogens is 2. The van der Waals surface area contributed by atoms with Crippen molar-refractivity contribution in [2.45, 2.75) is 11.7 Å². The monoisotopic (exact) mass is 406 g/mol. The lowest BCUT2D eigenvalue weighted by molar-refractivity contribution is -0.118. The van der Waals surface area contributed by atoms with Crippen LogP contribution in [0, 0.1) is 0 Å². The molecule has 1 aromatic heterocycles. The molecule has 26 heavy (non-hydrogen) atoms. The van der Waals surface area contributed by atoms with Gasteiger partial charge in [-0.2, -0.15) is 0 Å². The minimum atomic E-state index is -0.0859. The third-order valence-corrected chi connectivity index (χ3v) is 5.25. The van der Waals surface area contributed by atoms with Gasteiger partial charge in [0.15, 0.2) is 11.0 Å². The zero-order valence-corrected chi connectivity index (χ0v) is 16.3. The van der Waals surface area contributed by atoms with Crippen LogP contribution in [0.1, 0.15) is 5.56 Å². The molecule has 0 spiro atoms. The second-order valence-electron chi connectivity index (χ2n) is 5.54.